The van der Waals surface area contributed by atoms with Gasteiger partial charge in [-0.3, -0.25) is 9.59 Å². The number of Topliss-reactive ketones (excluding diaryl/α,β-unsaturated/α-hetero) is 1. The van der Waals surface area contributed by atoms with Gasteiger partial charge in [0.25, 0.3) is 11.7 Å². The first-order chi connectivity index (χ1) is 14.5. The summed E-state index contributed by atoms with van der Waals surface area (Å²) in [5.41, 5.74) is 0.871. The molecular formula is C23H24FNO5. The summed E-state index contributed by atoms with van der Waals surface area (Å²) >= 11 is 0. The van der Waals surface area contributed by atoms with E-state index in [0.717, 1.165) is 0 Å². The second kappa shape index (κ2) is 9.54. The second-order valence-electron chi connectivity index (χ2n) is 6.85. The van der Waals surface area contributed by atoms with Crippen LogP contribution >= 0.6 is 0 Å². The van der Waals surface area contributed by atoms with Gasteiger partial charge in [0.15, 0.2) is 0 Å². The van der Waals surface area contributed by atoms with Crippen molar-refractivity contribution in [3.05, 3.63) is 71.0 Å². The Morgan fingerprint density at radius 2 is 1.90 bits per heavy atom. The normalized spacial score (nSPS) is 18.1. The number of rotatable bonds is 8. The van der Waals surface area contributed by atoms with Crippen LogP contribution in [-0.2, 0) is 14.3 Å². The molecule has 1 N–H and O–H groups in total. The topological polar surface area (TPSA) is 76.1 Å². The lowest BCUT2D eigenvalue weighted by Gasteiger charge is -2.25. The molecule has 1 saturated heterocycles. The molecule has 0 radical (unpaired) electrons. The highest BCUT2D eigenvalue weighted by molar-refractivity contribution is 6.46. The van der Waals surface area contributed by atoms with E-state index in [1.807, 2.05) is 6.92 Å². The van der Waals surface area contributed by atoms with Gasteiger partial charge in [-0.05, 0) is 55.3 Å². The van der Waals surface area contributed by atoms with Crippen molar-refractivity contribution in [2.24, 2.45) is 0 Å². The fraction of sp³-hybridized carbons (Fsp3) is 0.304. The zero-order valence-electron chi connectivity index (χ0n) is 16.9. The summed E-state index contributed by atoms with van der Waals surface area (Å²) in [6.45, 7) is 3.03. The molecule has 158 valence electrons. The van der Waals surface area contributed by atoms with Gasteiger partial charge >= 0.3 is 0 Å². The fourth-order valence-electron chi connectivity index (χ4n) is 3.54. The molecular weight excluding hydrogens is 389 g/mol. The zero-order chi connectivity index (χ0) is 21.7. The van der Waals surface area contributed by atoms with Gasteiger partial charge in [0.2, 0.25) is 0 Å². The molecule has 0 saturated carbocycles. The molecule has 3 rings (SSSR count). The number of amides is 1. The molecule has 1 heterocycles. The number of aliphatic hydroxyl groups is 1. The van der Waals surface area contributed by atoms with E-state index in [9.17, 15) is 19.1 Å². The van der Waals surface area contributed by atoms with Gasteiger partial charge in [-0.2, -0.15) is 0 Å². The first-order valence-electron chi connectivity index (χ1n) is 9.74. The second-order valence-corrected chi connectivity index (χ2v) is 6.85. The summed E-state index contributed by atoms with van der Waals surface area (Å²) < 4.78 is 23.9. The van der Waals surface area contributed by atoms with Gasteiger partial charge in [-0.25, -0.2) is 4.39 Å². The Kier molecular flexibility index (Phi) is 6.84. The molecule has 2 aromatic carbocycles. The van der Waals surface area contributed by atoms with E-state index in [0.29, 0.717) is 30.9 Å². The van der Waals surface area contributed by atoms with Crippen molar-refractivity contribution < 1.29 is 28.6 Å². The Balaban J connectivity index is 2.11. The largest absolute Gasteiger partial charge is 0.507 e. The monoisotopic (exact) mass is 413 g/mol. The smallest absolute Gasteiger partial charge is 0.295 e. The van der Waals surface area contributed by atoms with E-state index < -0.39 is 23.5 Å². The lowest BCUT2D eigenvalue weighted by Crippen LogP contribution is -2.31. The summed E-state index contributed by atoms with van der Waals surface area (Å²) in [7, 11) is 1.56. The SMILES string of the molecule is CCOc1cccc(C2C(=C(O)c3ccc(F)cc3)C(=O)C(=O)N2CCCOC)c1. The maximum absolute atomic E-state index is 13.3. The summed E-state index contributed by atoms with van der Waals surface area (Å²) in [4.78, 5) is 27.1. The molecule has 2 aromatic rings. The van der Waals surface area contributed by atoms with E-state index in [-0.39, 0.29) is 23.4 Å². The average Bonchev–Trinajstić information content (AvgIpc) is 2.99. The lowest BCUT2D eigenvalue weighted by atomic mass is 9.95. The number of halogens is 1. The summed E-state index contributed by atoms with van der Waals surface area (Å²) in [5, 5.41) is 10.9. The van der Waals surface area contributed by atoms with E-state index in [1.54, 1.807) is 31.4 Å². The molecule has 1 aliphatic heterocycles. The number of carbonyl (C=O) groups is 2. The van der Waals surface area contributed by atoms with E-state index in [2.05, 4.69) is 0 Å². The first kappa shape index (κ1) is 21.5. The van der Waals surface area contributed by atoms with Crippen LogP contribution < -0.4 is 4.74 Å². The summed E-state index contributed by atoms with van der Waals surface area (Å²) in [6, 6.07) is 11.4. The highest BCUT2D eigenvalue weighted by atomic mass is 19.1. The Labute approximate surface area is 174 Å². The third kappa shape index (κ3) is 4.36. The van der Waals surface area contributed by atoms with E-state index in [1.165, 1.54) is 29.2 Å². The molecule has 1 fully saturated rings. The number of carbonyl (C=O) groups excluding carboxylic acids is 2. The van der Waals surface area contributed by atoms with Crippen molar-refractivity contribution >= 4 is 17.4 Å². The van der Waals surface area contributed by atoms with Crippen LogP contribution in [-0.4, -0.2) is 48.6 Å². The third-order valence-corrected chi connectivity index (χ3v) is 4.89. The predicted octanol–water partition coefficient (Wildman–Crippen LogP) is 3.68. The standard InChI is InChI=1S/C23H24FNO5/c1-3-30-18-7-4-6-16(14-18)20-19(21(26)15-8-10-17(24)11-9-15)22(27)23(28)25(20)12-5-13-29-2/h4,6-11,14,20,26H,3,5,12-13H2,1-2H3. The van der Waals surface area contributed by atoms with E-state index in [4.69, 9.17) is 9.47 Å². The number of hydrogen-bond acceptors (Lipinski definition) is 5. The molecule has 1 unspecified atom stereocenters. The minimum atomic E-state index is -0.785. The van der Waals surface area contributed by atoms with Crippen LogP contribution in [0.4, 0.5) is 4.39 Å². The zero-order valence-corrected chi connectivity index (χ0v) is 16.9. The van der Waals surface area contributed by atoms with Crippen molar-refractivity contribution in [3.63, 3.8) is 0 Å². The molecule has 0 aliphatic carbocycles. The lowest BCUT2D eigenvalue weighted by molar-refractivity contribution is -0.140. The van der Waals surface area contributed by atoms with Crippen LogP contribution in [0.1, 0.15) is 30.5 Å². The molecule has 0 spiro atoms. The number of benzene rings is 2. The average molecular weight is 413 g/mol. The van der Waals surface area contributed by atoms with Gasteiger partial charge in [0.1, 0.15) is 17.3 Å². The van der Waals surface area contributed by atoms with Crippen LogP contribution in [0, 0.1) is 5.82 Å². The van der Waals surface area contributed by atoms with Crippen molar-refractivity contribution in [1.82, 2.24) is 4.90 Å². The summed E-state index contributed by atoms with van der Waals surface area (Å²) in [5.74, 6) is -1.68. The molecule has 1 atom stereocenters. The number of likely N-dealkylation sites (tertiary alicyclic amines) is 1. The number of ketones is 1. The van der Waals surface area contributed by atoms with Gasteiger partial charge in [-0.1, -0.05) is 12.1 Å². The van der Waals surface area contributed by atoms with Crippen LogP contribution in [0.2, 0.25) is 0 Å². The molecule has 0 bridgehead atoms. The Morgan fingerprint density at radius 1 is 1.17 bits per heavy atom. The molecule has 0 aromatic heterocycles. The fourth-order valence-corrected chi connectivity index (χ4v) is 3.54. The van der Waals surface area contributed by atoms with Crippen molar-refractivity contribution in [1.29, 1.82) is 0 Å². The maximum Gasteiger partial charge on any atom is 0.295 e. The van der Waals surface area contributed by atoms with Gasteiger partial charge in [0.05, 0.1) is 18.2 Å². The summed E-state index contributed by atoms with van der Waals surface area (Å²) in [6.07, 6.45) is 0.530. The first-order valence-corrected chi connectivity index (χ1v) is 9.74. The number of hydrogen-bond donors (Lipinski definition) is 1. The number of ether oxygens (including phenoxy) is 2. The van der Waals surface area contributed by atoms with Crippen molar-refractivity contribution in [3.8, 4) is 5.75 Å². The Bertz CT molecular complexity index is 954. The van der Waals surface area contributed by atoms with Gasteiger partial charge in [-0.15, -0.1) is 0 Å². The minimum Gasteiger partial charge on any atom is -0.507 e. The predicted molar refractivity (Wildman–Crippen MR) is 110 cm³/mol. The molecule has 1 amide bonds. The minimum absolute atomic E-state index is 0.0299. The molecule has 7 heteroatoms. The highest BCUT2D eigenvalue weighted by Gasteiger charge is 2.45. The highest BCUT2D eigenvalue weighted by Crippen LogP contribution is 2.40. The molecule has 1 aliphatic rings. The van der Waals surface area contributed by atoms with Crippen molar-refractivity contribution in [2.45, 2.75) is 19.4 Å². The van der Waals surface area contributed by atoms with E-state index >= 15 is 0 Å². The third-order valence-electron chi connectivity index (χ3n) is 4.89. The van der Waals surface area contributed by atoms with Gasteiger partial charge in [0, 0.05) is 25.8 Å². The van der Waals surface area contributed by atoms with Crippen LogP contribution in [0.15, 0.2) is 54.1 Å². The van der Waals surface area contributed by atoms with Crippen LogP contribution in [0.25, 0.3) is 5.76 Å². The maximum atomic E-state index is 13.3. The van der Waals surface area contributed by atoms with Crippen molar-refractivity contribution in [2.75, 3.05) is 26.9 Å². The Morgan fingerprint density at radius 3 is 2.57 bits per heavy atom. The van der Waals surface area contributed by atoms with Gasteiger partial charge < -0.3 is 19.5 Å². The quantitative estimate of drug-likeness (QED) is 0.309. The number of methoxy groups -OCH3 is 1. The van der Waals surface area contributed by atoms with Crippen LogP contribution in [0.5, 0.6) is 5.75 Å². The molecule has 6 nitrogen and oxygen atoms in total. The van der Waals surface area contributed by atoms with Crippen LogP contribution in [0.3, 0.4) is 0 Å². The number of nitrogens with zero attached hydrogens (tertiary/aromatic N) is 1. The Hall–Kier alpha value is -3.19. The number of aliphatic hydroxyl groups excluding tert-OH is 1. The molecule has 30 heavy (non-hydrogen) atoms.